The Hall–Kier alpha value is -3.46. The third kappa shape index (κ3) is 6.89. The summed E-state index contributed by atoms with van der Waals surface area (Å²) in [4.78, 5) is 11.8. The Morgan fingerprint density at radius 2 is 1.69 bits per heavy atom. The van der Waals surface area contributed by atoms with Gasteiger partial charge in [-0.3, -0.25) is 4.79 Å². The number of nitrogens with two attached hydrogens (primary N) is 1. The lowest BCUT2D eigenvalue weighted by Crippen LogP contribution is -2.19. The number of hydrogen-bond acceptors (Lipinski definition) is 8. The van der Waals surface area contributed by atoms with Crippen molar-refractivity contribution < 1.29 is 14.3 Å². The normalized spacial score (nSPS) is 10.8. The average Bonchev–Trinajstić information content (AvgIpc) is 3.12. The Morgan fingerprint density at radius 1 is 1.07 bits per heavy atom. The molecule has 9 heteroatoms. The van der Waals surface area contributed by atoms with E-state index in [0.717, 1.165) is 17.1 Å². The van der Waals surface area contributed by atoms with Crippen LogP contribution in [0.15, 0.2) is 53.6 Å². The third-order valence-electron chi connectivity index (χ3n) is 3.72. The number of carbonyl (C=O) groups excluding carboxylic acids is 1. The number of benzene rings is 2. The molecule has 150 valence electrons. The number of rotatable bonds is 9. The molecule has 8 nitrogen and oxygen atoms in total. The van der Waals surface area contributed by atoms with E-state index in [9.17, 15) is 4.79 Å². The number of nitrogens with one attached hydrogen (secondary N) is 1. The summed E-state index contributed by atoms with van der Waals surface area (Å²) in [6, 6.07) is 15.2. The van der Waals surface area contributed by atoms with Crippen LogP contribution >= 0.6 is 11.3 Å². The maximum atomic E-state index is 11.8. The zero-order valence-corrected chi connectivity index (χ0v) is 16.7. The smallest absolute Gasteiger partial charge is 0.247 e. The van der Waals surface area contributed by atoms with Gasteiger partial charge in [0.15, 0.2) is 0 Å². The molecule has 0 atom stereocenters. The van der Waals surface area contributed by atoms with Crippen molar-refractivity contribution in [1.82, 2.24) is 15.6 Å². The van der Waals surface area contributed by atoms with Crippen molar-refractivity contribution in [2.45, 2.75) is 13.3 Å². The number of amides is 1. The van der Waals surface area contributed by atoms with Crippen LogP contribution in [-0.4, -0.2) is 35.5 Å². The predicted molar refractivity (Wildman–Crippen MR) is 112 cm³/mol. The lowest BCUT2D eigenvalue weighted by atomic mass is 10.2. The van der Waals surface area contributed by atoms with Crippen LogP contribution < -0.4 is 20.6 Å². The van der Waals surface area contributed by atoms with Crippen LogP contribution in [0.1, 0.15) is 16.1 Å². The van der Waals surface area contributed by atoms with Crippen molar-refractivity contribution in [3.05, 3.63) is 64.7 Å². The number of hydrazone groups is 1. The van der Waals surface area contributed by atoms with E-state index in [0.29, 0.717) is 23.4 Å². The van der Waals surface area contributed by atoms with Gasteiger partial charge in [-0.2, -0.15) is 5.10 Å². The van der Waals surface area contributed by atoms with E-state index < -0.39 is 0 Å². The first-order chi connectivity index (χ1) is 14.1. The van der Waals surface area contributed by atoms with Gasteiger partial charge in [-0.15, -0.1) is 10.2 Å². The Morgan fingerprint density at radius 3 is 2.28 bits per heavy atom. The van der Waals surface area contributed by atoms with E-state index in [1.165, 1.54) is 16.9 Å². The van der Waals surface area contributed by atoms with Gasteiger partial charge in [0.05, 0.1) is 12.6 Å². The number of nitrogens with zero attached hydrogens (tertiary/aromatic N) is 3. The summed E-state index contributed by atoms with van der Waals surface area (Å²) in [5.74, 6) is 1.26. The molecule has 3 N–H and O–H groups in total. The minimum absolute atomic E-state index is 0.0869. The molecule has 29 heavy (non-hydrogen) atoms. The number of ether oxygens (including phenoxy) is 2. The van der Waals surface area contributed by atoms with E-state index >= 15 is 0 Å². The summed E-state index contributed by atoms with van der Waals surface area (Å²) in [6.45, 7) is 2.93. The second-order valence-corrected chi connectivity index (χ2v) is 7.18. The number of hydrogen-bond donors (Lipinski definition) is 2. The lowest BCUT2D eigenvalue weighted by Gasteiger charge is -2.08. The van der Waals surface area contributed by atoms with Crippen molar-refractivity contribution in [2.75, 3.05) is 18.9 Å². The van der Waals surface area contributed by atoms with Crippen LogP contribution in [0.2, 0.25) is 0 Å². The molecule has 2 aromatic carbocycles. The first-order valence-electron chi connectivity index (χ1n) is 8.90. The van der Waals surface area contributed by atoms with Crippen LogP contribution in [0.4, 0.5) is 5.13 Å². The maximum absolute atomic E-state index is 11.8. The highest BCUT2D eigenvalue weighted by atomic mass is 32.1. The molecule has 0 aliphatic carbocycles. The first-order valence-corrected chi connectivity index (χ1v) is 9.72. The number of carbonyl (C=O) groups is 1. The molecule has 0 bridgehead atoms. The highest BCUT2D eigenvalue weighted by Gasteiger charge is 2.07. The number of anilines is 1. The SMILES string of the molecule is Cc1ccc(OCCOc2ccc(/C=N\NC(=O)Cc3nnc(N)s3)cc2)cc1. The van der Waals surface area contributed by atoms with Gasteiger partial charge in [-0.25, -0.2) is 5.43 Å². The van der Waals surface area contributed by atoms with E-state index in [2.05, 4.69) is 20.7 Å². The van der Waals surface area contributed by atoms with Crippen molar-refractivity contribution >= 4 is 28.6 Å². The quantitative estimate of drug-likeness (QED) is 0.318. The standard InChI is InChI=1S/C20H21N5O3S/c1-14-2-6-16(7-3-14)27-10-11-28-17-8-4-15(5-9-17)13-22-23-18(26)12-19-24-25-20(21)29-19/h2-9,13H,10-12H2,1H3,(H2,21,25)(H,23,26)/b22-13-. The Kier molecular flexibility index (Phi) is 7.12. The zero-order chi connectivity index (χ0) is 20.5. The van der Waals surface area contributed by atoms with Crippen LogP contribution in [0.5, 0.6) is 11.5 Å². The summed E-state index contributed by atoms with van der Waals surface area (Å²) in [5, 5.41) is 12.3. The molecule has 0 fully saturated rings. The minimum atomic E-state index is -0.286. The third-order valence-corrected chi connectivity index (χ3v) is 4.47. The topological polar surface area (TPSA) is 112 Å². The molecule has 0 saturated heterocycles. The molecular formula is C20H21N5O3S. The molecule has 3 rings (SSSR count). The molecule has 0 aliphatic rings. The van der Waals surface area contributed by atoms with Gasteiger partial charge in [0.25, 0.3) is 0 Å². The summed E-state index contributed by atoms with van der Waals surface area (Å²) in [7, 11) is 0. The molecule has 1 heterocycles. The molecule has 0 aliphatic heterocycles. The minimum Gasteiger partial charge on any atom is -0.490 e. The Bertz CT molecular complexity index is 955. The van der Waals surface area contributed by atoms with Crippen LogP contribution in [0.25, 0.3) is 0 Å². The largest absolute Gasteiger partial charge is 0.490 e. The average molecular weight is 411 g/mol. The molecule has 3 aromatic rings. The van der Waals surface area contributed by atoms with Crippen LogP contribution in [0, 0.1) is 6.92 Å². The summed E-state index contributed by atoms with van der Waals surface area (Å²) >= 11 is 1.17. The molecule has 0 saturated carbocycles. The van der Waals surface area contributed by atoms with Gasteiger partial charge < -0.3 is 15.2 Å². The van der Waals surface area contributed by atoms with Crippen LogP contribution in [0.3, 0.4) is 0 Å². The number of aryl methyl sites for hydroxylation is 1. The summed E-state index contributed by atoms with van der Waals surface area (Å²) < 4.78 is 11.3. The second-order valence-electron chi connectivity index (χ2n) is 6.08. The molecular weight excluding hydrogens is 390 g/mol. The maximum Gasteiger partial charge on any atom is 0.247 e. The Labute approximate surface area is 172 Å². The fraction of sp³-hybridized carbons (Fsp3) is 0.200. The fourth-order valence-electron chi connectivity index (χ4n) is 2.30. The van der Waals surface area contributed by atoms with Crippen molar-refractivity contribution in [3.8, 4) is 11.5 Å². The van der Waals surface area contributed by atoms with E-state index in [1.807, 2.05) is 55.5 Å². The first kappa shape index (κ1) is 20.3. The van der Waals surface area contributed by atoms with E-state index in [-0.39, 0.29) is 12.3 Å². The number of aromatic nitrogens is 2. The molecule has 1 aromatic heterocycles. The fourth-order valence-corrected chi connectivity index (χ4v) is 2.91. The zero-order valence-electron chi connectivity index (χ0n) is 15.9. The van der Waals surface area contributed by atoms with Gasteiger partial charge in [-0.1, -0.05) is 29.0 Å². The summed E-state index contributed by atoms with van der Waals surface area (Å²) in [6.07, 6.45) is 1.64. The van der Waals surface area contributed by atoms with Gasteiger partial charge >= 0.3 is 0 Å². The van der Waals surface area contributed by atoms with Crippen molar-refractivity contribution in [1.29, 1.82) is 0 Å². The van der Waals surface area contributed by atoms with Gasteiger partial charge in [0.1, 0.15) is 29.7 Å². The van der Waals surface area contributed by atoms with Gasteiger partial charge in [0.2, 0.25) is 11.0 Å². The monoisotopic (exact) mass is 411 g/mol. The Balaban J connectivity index is 1.37. The molecule has 0 unspecified atom stereocenters. The highest BCUT2D eigenvalue weighted by Crippen LogP contribution is 2.13. The molecule has 0 radical (unpaired) electrons. The van der Waals surface area contributed by atoms with E-state index in [4.69, 9.17) is 15.2 Å². The second kappa shape index (κ2) is 10.2. The lowest BCUT2D eigenvalue weighted by molar-refractivity contribution is -0.120. The van der Waals surface area contributed by atoms with Crippen molar-refractivity contribution in [2.24, 2.45) is 5.10 Å². The molecule has 0 spiro atoms. The van der Waals surface area contributed by atoms with Gasteiger partial charge in [0, 0.05) is 0 Å². The molecule has 1 amide bonds. The number of nitrogen functional groups attached to an aromatic ring is 1. The van der Waals surface area contributed by atoms with Crippen molar-refractivity contribution in [3.63, 3.8) is 0 Å². The predicted octanol–water partition coefficient (Wildman–Crippen LogP) is 2.58. The van der Waals surface area contributed by atoms with Crippen LogP contribution in [-0.2, 0) is 11.2 Å². The van der Waals surface area contributed by atoms with Gasteiger partial charge in [-0.05, 0) is 48.9 Å². The highest BCUT2D eigenvalue weighted by molar-refractivity contribution is 7.15. The van der Waals surface area contributed by atoms with E-state index in [1.54, 1.807) is 6.21 Å². The summed E-state index contributed by atoms with van der Waals surface area (Å²) in [5.41, 5.74) is 9.94.